The predicted molar refractivity (Wildman–Crippen MR) is 77.8 cm³/mol. The molecule has 1 N–H and O–H groups in total. The van der Waals surface area contributed by atoms with Crippen molar-refractivity contribution in [3.8, 4) is 0 Å². The summed E-state index contributed by atoms with van der Waals surface area (Å²) < 4.78 is 11.5. The van der Waals surface area contributed by atoms with Crippen molar-refractivity contribution in [1.29, 1.82) is 0 Å². The third-order valence-corrected chi connectivity index (χ3v) is 3.37. The third-order valence-electron chi connectivity index (χ3n) is 3.37. The summed E-state index contributed by atoms with van der Waals surface area (Å²) in [6.45, 7) is 8.53. The number of hydrogen-bond donors (Lipinski definition) is 1. The molecule has 1 fully saturated rings. The molecular weight excluding hydrogens is 256 g/mol. The van der Waals surface area contributed by atoms with Crippen molar-refractivity contribution in [2.75, 3.05) is 31.1 Å². The van der Waals surface area contributed by atoms with Gasteiger partial charge in [0.05, 0.1) is 12.6 Å². The lowest BCUT2D eigenvalue weighted by Crippen LogP contribution is -2.40. The molecular formula is C14H26N4O2. The fourth-order valence-corrected chi connectivity index (χ4v) is 2.35. The lowest BCUT2D eigenvalue weighted by molar-refractivity contribution is 0.0430. The van der Waals surface area contributed by atoms with Crippen LogP contribution in [0.5, 0.6) is 0 Å². The molecule has 1 saturated heterocycles. The van der Waals surface area contributed by atoms with Gasteiger partial charge in [0.2, 0.25) is 5.89 Å². The first-order chi connectivity index (χ1) is 9.83. The Morgan fingerprint density at radius 1 is 1.35 bits per heavy atom. The Morgan fingerprint density at radius 2 is 2.25 bits per heavy atom. The fourth-order valence-electron chi connectivity index (χ4n) is 2.35. The first-order valence-electron chi connectivity index (χ1n) is 7.73. The van der Waals surface area contributed by atoms with E-state index in [1.165, 1.54) is 0 Å². The van der Waals surface area contributed by atoms with E-state index in [0.717, 1.165) is 51.9 Å². The molecule has 0 spiro atoms. The van der Waals surface area contributed by atoms with Crippen molar-refractivity contribution in [3.05, 3.63) is 5.89 Å². The van der Waals surface area contributed by atoms with Gasteiger partial charge in [-0.2, -0.15) is 0 Å². The van der Waals surface area contributed by atoms with Gasteiger partial charge in [0, 0.05) is 19.7 Å². The Morgan fingerprint density at radius 3 is 3.05 bits per heavy atom. The summed E-state index contributed by atoms with van der Waals surface area (Å²) in [5.41, 5.74) is 0. The van der Waals surface area contributed by atoms with Gasteiger partial charge in [-0.3, -0.25) is 0 Å². The van der Waals surface area contributed by atoms with Crippen LogP contribution in [-0.2, 0) is 11.3 Å². The summed E-state index contributed by atoms with van der Waals surface area (Å²) in [7, 11) is 0. The molecule has 1 atom stereocenters. The first kappa shape index (κ1) is 15.3. The maximum absolute atomic E-state index is 5.83. The van der Waals surface area contributed by atoms with Crippen LogP contribution < -0.4 is 10.2 Å². The van der Waals surface area contributed by atoms with Crippen LogP contribution in [0.25, 0.3) is 0 Å². The topological polar surface area (TPSA) is 63.4 Å². The van der Waals surface area contributed by atoms with E-state index in [4.69, 9.17) is 9.15 Å². The van der Waals surface area contributed by atoms with Gasteiger partial charge in [-0.25, -0.2) is 0 Å². The lowest BCUT2D eigenvalue weighted by atomic mass is 10.1. The van der Waals surface area contributed by atoms with Gasteiger partial charge < -0.3 is 19.4 Å². The molecule has 1 aliphatic heterocycles. The molecule has 6 nitrogen and oxygen atoms in total. The minimum atomic E-state index is 0.289. The third kappa shape index (κ3) is 4.45. The first-order valence-corrected chi connectivity index (χ1v) is 7.73. The number of hydrogen-bond acceptors (Lipinski definition) is 6. The molecule has 1 aliphatic rings. The largest absolute Gasteiger partial charge is 0.407 e. The number of aromatic nitrogens is 2. The zero-order valence-electron chi connectivity index (χ0n) is 12.6. The lowest BCUT2D eigenvalue weighted by Gasteiger charge is -2.31. The summed E-state index contributed by atoms with van der Waals surface area (Å²) in [6.07, 6.45) is 4.68. The van der Waals surface area contributed by atoms with Crippen molar-refractivity contribution >= 4 is 6.01 Å². The highest BCUT2D eigenvalue weighted by Gasteiger charge is 2.24. The van der Waals surface area contributed by atoms with Crippen LogP contribution in [-0.4, -0.2) is 42.5 Å². The number of nitrogens with zero attached hydrogens (tertiary/aromatic N) is 3. The van der Waals surface area contributed by atoms with Gasteiger partial charge >= 0.3 is 6.01 Å². The van der Waals surface area contributed by atoms with Crippen LogP contribution in [0, 0.1) is 0 Å². The molecule has 0 aliphatic carbocycles. The molecule has 6 heteroatoms. The molecule has 0 amide bonds. The highest BCUT2D eigenvalue weighted by Crippen LogP contribution is 2.20. The molecule has 1 unspecified atom stereocenters. The summed E-state index contributed by atoms with van der Waals surface area (Å²) in [5.74, 6) is 0.657. The Labute approximate surface area is 120 Å². The second-order valence-electron chi connectivity index (χ2n) is 5.24. The van der Waals surface area contributed by atoms with E-state index < -0.39 is 0 Å². The van der Waals surface area contributed by atoms with Crippen LogP contribution >= 0.6 is 0 Å². The predicted octanol–water partition coefficient (Wildman–Crippen LogP) is 1.96. The maximum Gasteiger partial charge on any atom is 0.318 e. The maximum atomic E-state index is 5.83. The summed E-state index contributed by atoms with van der Waals surface area (Å²) in [5, 5.41) is 11.5. The van der Waals surface area contributed by atoms with Crippen molar-refractivity contribution in [1.82, 2.24) is 15.5 Å². The van der Waals surface area contributed by atoms with Crippen molar-refractivity contribution in [2.45, 2.75) is 52.2 Å². The molecule has 2 rings (SSSR count). The molecule has 2 heterocycles. The zero-order valence-corrected chi connectivity index (χ0v) is 12.6. The van der Waals surface area contributed by atoms with Crippen LogP contribution in [0.2, 0.25) is 0 Å². The highest BCUT2D eigenvalue weighted by atomic mass is 16.5. The van der Waals surface area contributed by atoms with E-state index >= 15 is 0 Å². The minimum Gasteiger partial charge on any atom is -0.407 e. The van der Waals surface area contributed by atoms with E-state index in [1.54, 1.807) is 0 Å². The SMILES string of the molecule is CCCNCc1nnc(N2CCCC(OCCC)C2)o1. The molecule has 20 heavy (non-hydrogen) atoms. The summed E-state index contributed by atoms with van der Waals surface area (Å²) in [4.78, 5) is 2.14. The van der Waals surface area contributed by atoms with Gasteiger partial charge in [-0.1, -0.05) is 18.9 Å². The van der Waals surface area contributed by atoms with Gasteiger partial charge in [0.25, 0.3) is 0 Å². The van der Waals surface area contributed by atoms with Crippen molar-refractivity contribution in [3.63, 3.8) is 0 Å². The number of rotatable bonds is 8. The molecule has 1 aromatic rings. The van der Waals surface area contributed by atoms with Crippen molar-refractivity contribution < 1.29 is 9.15 Å². The van der Waals surface area contributed by atoms with Gasteiger partial charge in [-0.15, -0.1) is 5.10 Å². The molecule has 0 aromatic carbocycles. The fraction of sp³-hybridized carbons (Fsp3) is 0.857. The summed E-state index contributed by atoms with van der Waals surface area (Å²) in [6, 6.07) is 0.628. The smallest absolute Gasteiger partial charge is 0.318 e. The molecule has 0 bridgehead atoms. The van der Waals surface area contributed by atoms with Crippen molar-refractivity contribution in [2.24, 2.45) is 0 Å². The van der Waals surface area contributed by atoms with E-state index in [9.17, 15) is 0 Å². The molecule has 0 radical (unpaired) electrons. The zero-order chi connectivity index (χ0) is 14.2. The standard InChI is InChI=1S/C14H26N4O2/c1-3-7-15-10-13-16-17-14(20-13)18-8-5-6-12(11-18)19-9-4-2/h12,15H,3-11H2,1-2H3. The average Bonchev–Trinajstić information content (AvgIpc) is 2.95. The number of nitrogens with one attached hydrogen (secondary N) is 1. The van der Waals surface area contributed by atoms with Crippen LogP contribution in [0.15, 0.2) is 4.42 Å². The minimum absolute atomic E-state index is 0.289. The Balaban J connectivity index is 1.83. The van der Waals surface area contributed by atoms with E-state index in [-0.39, 0.29) is 6.10 Å². The number of anilines is 1. The van der Waals surface area contributed by atoms with E-state index in [0.29, 0.717) is 18.5 Å². The molecule has 1 aromatic heterocycles. The highest BCUT2D eigenvalue weighted by molar-refractivity contribution is 5.25. The van der Waals surface area contributed by atoms with Crippen LogP contribution in [0.4, 0.5) is 6.01 Å². The van der Waals surface area contributed by atoms with Gasteiger partial charge in [0.1, 0.15) is 0 Å². The quantitative estimate of drug-likeness (QED) is 0.735. The second-order valence-corrected chi connectivity index (χ2v) is 5.24. The Bertz CT molecular complexity index is 383. The van der Waals surface area contributed by atoms with E-state index in [1.807, 2.05) is 0 Å². The second kappa shape index (κ2) is 8.21. The number of piperidine rings is 1. The summed E-state index contributed by atoms with van der Waals surface area (Å²) >= 11 is 0. The Hall–Kier alpha value is -1.14. The average molecular weight is 282 g/mol. The normalized spacial score (nSPS) is 19.5. The molecule has 0 saturated carbocycles. The van der Waals surface area contributed by atoms with Crippen LogP contribution in [0.3, 0.4) is 0 Å². The Kier molecular flexibility index (Phi) is 6.26. The van der Waals surface area contributed by atoms with Crippen LogP contribution in [0.1, 0.15) is 45.4 Å². The van der Waals surface area contributed by atoms with E-state index in [2.05, 4.69) is 34.3 Å². The van der Waals surface area contributed by atoms with Gasteiger partial charge in [0.15, 0.2) is 0 Å². The number of ether oxygens (including phenoxy) is 1. The molecule has 114 valence electrons. The van der Waals surface area contributed by atoms with Gasteiger partial charge in [-0.05, 0) is 32.2 Å². The monoisotopic (exact) mass is 282 g/mol.